The van der Waals surface area contributed by atoms with E-state index in [0.29, 0.717) is 10.3 Å². The molecule has 2 N–H and O–H groups in total. The highest BCUT2D eigenvalue weighted by Gasteiger charge is 2.26. The molecule has 0 radical (unpaired) electrons. The molecule has 1 aromatic heterocycles. The fraction of sp³-hybridized carbons (Fsp3) is 0.231. The molecule has 6 heteroatoms. The topological polar surface area (TPSA) is 58.0 Å². The number of aliphatic hydroxyl groups is 1. The molecule has 1 atom stereocenters. The van der Waals surface area contributed by atoms with Crippen LogP contribution < -0.4 is 5.32 Å². The lowest BCUT2D eigenvalue weighted by Gasteiger charge is -2.30. The first kappa shape index (κ1) is 14.2. The number of aromatic nitrogens is 2. The van der Waals surface area contributed by atoms with Gasteiger partial charge in [-0.25, -0.2) is 4.98 Å². The summed E-state index contributed by atoms with van der Waals surface area (Å²) in [5.41, 5.74) is 0.306. The molecule has 0 spiro atoms. The van der Waals surface area contributed by atoms with Gasteiger partial charge in [-0.15, -0.1) is 0 Å². The molecule has 19 heavy (non-hydrogen) atoms. The van der Waals surface area contributed by atoms with E-state index >= 15 is 0 Å². The lowest BCUT2D eigenvalue weighted by molar-refractivity contribution is 0.223. The Kier molecular flexibility index (Phi) is 4.39. The zero-order valence-electron chi connectivity index (χ0n) is 10.3. The Morgan fingerprint density at radius 2 is 2.05 bits per heavy atom. The van der Waals surface area contributed by atoms with E-state index in [1.54, 1.807) is 6.20 Å². The molecule has 0 amide bonds. The number of nitrogens with one attached hydrogen (secondary N) is 1. The van der Waals surface area contributed by atoms with E-state index in [1.807, 2.05) is 37.3 Å². The van der Waals surface area contributed by atoms with Gasteiger partial charge in [0.1, 0.15) is 5.82 Å². The largest absolute Gasteiger partial charge is 0.394 e. The second kappa shape index (κ2) is 5.86. The van der Waals surface area contributed by atoms with Gasteiger partial charge in [0.2, 0.25) is 5.28 Å². The summed E-state index contributed by atoms with van der Waals surface area (Å²) < 4.78 is 0.688. The highest BCUT2D eigenvalue weighted by Crippen LogP contribution is 2.29. The Balaban J connectivity index is 2.36. The Hall–Kier alpha value is -1.17. The van der Waals surface area contributed by atoms with E-state index in [9.17, 15) is 5.11 Å². The van der Waals surface area contributed by atoms with Crippen LogP contribution in [0, 0.1) is 0 Å². The average Bonchev–Trinajstić information content (AvgIpc) is 2.44. The van der Waals surface area contributed by atoms with Crippen molar-refractivity contribution in [2.24, 2.45) is 0 Å². The summed E-state index contributed by atoms with van der Waals surface area (Å²) >= 11 is 9.15. The van der Waals surface area contributed by atoms with Crippen molar-refractivity contribution in [1.29, 1.82) is 0 Å². The minimum atomic E-state index is -0.651. The van der Waals surface area contributed by atoms with Crippen molar-refractivity contribution in [3.05, 3.63) is 51.8 Å². The molecule has 2 aromatic rings. The van der Waals surface area contributed by atoms with Crippen LogP contribution in [0.3, 0.4) is 0 Å². The lowest BCUT2D eigenvalue weighted by atomic mass is 9.93. The van der Waals surface area contributed by atoms with E-state index in [1.165, 1.54) is 0 Å². The summed E-state index contributed by atoms with van der Waals surface area (Å²) in [7, 11) is 0. The zero-order valence-corrected chi connectivity index (χ0v) is 12.6. The minimum absolute atomic E-state index is 0.0783. The summed E-state index contributed by atoms with van der Waals surface area (Å²) in [5, 5.41) is 13.1. The average molecular weight is 343 g/mol. The number of hydrogen-bond donors (Lipinski definition) is 2. The van der Waals surface area contributed by atoms with E-state index in [2.05, 4.69) is 31.2 Å². The number of anilines is 1. The van der Waals surface area contributed by atoms with Crippen molar-refractivity contribution in [2.45, 2.75) is 12.5 Å². The van der Waals surface area contributed by atoms with Gasteiger partial charge in [-0.05, 0) is 40.0 Å². The minimum Gasteiger partial charge on any atom is -0.394 e. The SMILES string of the molecule is CC(CO)(Nc1nc(Cl)ncc1Br)c1ccccc1. The molecule has 1 heterocycles. The van der Waals surface area contributed by atoms with Gasteiger partial charge < -0.3 is 10.4 Å². The summed E-state index contributed by atoms with van der Waals surface area (Å²) in [6.07, 6.45) is 1.57. The molecule has 1 aromatic carbocycles. The monoisotopic (exact) mass is 341 g/mol. The maximum Gasteiger partial charge on any atom is 0.224 e. The van der Waals surface area contributed by atoms with Crippen molar-refractivity contribution < 1.29 is 5.11 Å². The van der Waals surface area contributed by atoms with Crippen LogP contribution >= 0.6 is 27.5 Å². The molecule has 0 aliphatic carbocycles. The smallest absolute Gasteiger partial charge is 0.224 e. The van der Waals surface area contributed by atoms with E-state index in [4.69, 9.17) is 11.6 Å². The lowest BCUT2D eigenvalue weighted by Crippen LogP contribution is -2.36. The number of aliphatic hydroxyl groups excluding tert-OH is 1. The Labute approximate surface area is 125 Å². The van der Waals surface area contributed by atoms with Crippen LogP contribution in [0.15, 0.2) is 41.0 Å². The standard InChI is InChI=1S/C13H13BrClN3O/c1-13(8-19,9-5-3-2-4-6-9)18-11-10(14)7-16-12(15)17-11/h2-7,19H,8H2,1H3,(H,16,17,18). The van der Waals surface area contributed by atoms with Crippen LogP contribution in [0.25, 0.3) is 0 Å². The Bertz CT molecular complexity index is 567. The van der Waals surface area contributed by atoms with Gasteiger partial charge in [-0.2, -0.15) is 4.98 Å². The maximum atomic E-state index is 9.71. The quantitative estimate of drug-likeness (QED) is 0.838. The summed E-state index contributed by atoms with van der Waals surface area (Å²) in [6, 6.07) is 9.67. The normalized spacial score (nSPS) is 13.9. The summed E-state index contributed by atoms with van der Waals surface area (Å²) in [5.74, 6) is 0.542. The third-order valence-corrected chi connectivity index (χ3v) is 3.60. The number of benzene rings is 1. The molecular formula is C13H13BrClN3O. The van der Waals surface area contributed by atoms with Gasteiger partial charge in [0.05, 0.1) is 16.6 Å². The predicted molar refractivity (Wildman–Crippen MR) is 79.2 cm³/mol. The van der Waals surface area contributed by atoms with Gasteiger partial charge in [0.15, 0.2) is 0 Å². The van der Waals surface area contributed by atoms with Gasteiger partial charge in [0, 0.05) is 6.20 Å². The van der Waals surface area contributed by atoms with Gasteiger partial charge >= 0.3 is 0 Å². The number of nitrogens with zero attached hydrogens (tertiary/aromatic N) is 2. The molecule has 1 unspecified atom stereocenters. The molecule has 2 rings (SSSR count). The number of halogens is 2. The van der Waals surface area contributed by atoms with Gasteiger partial charge in [0.25, 0.3) is 0 Å². The Morgan fingerprint density at radius 1 is 1.37 bits per heavy atom. The van der Waals surface area contributed by atoms with Crippen LogP contribution in [-0.2, 0) is 5.54 Å². The van der Waals surface area contributed by atoms with Crippen molar-refractivity contribution in [3.63, 3.8) is 0 Å². The fourth-order valence-electron chi connectivity index (χ4n) is 1.70. The van der Waals surface area contributed by atoms with Gasteiger partial charge in [-0.1, -0.05) is 30.3 Å². The van der Waals surface area contributed by atoms with Crippen molar-refractivity contribution in [2.75, 3.05) is 11.9 Å². The molecule has 100 valence electrons. The highest BCUT2D eigenvalue weighted by molar-refractivity contribution is 9.10. The molecular weight excluding hydrogens is 330 g/mol. The molecule has 0 saturated heterocycles. The van der Waals surface area contributed by atoms with Crippen molar-refractivity contribution in [1.82, 2.24) is 9.97 Å². The van der Waals surface area contributed by atoms with Crippen LogP contribution in [0.5, 0.6) is 0 Å². The fourth-order valence-corrected chi connectivity index (χ4v) is 2.13. The highest BCUT2D eigenvalue weighted by atomic mass is 79.9. The van der Waals surface area contributed by atoms with Crippen molar-refractivity contribution >= 4 is 33.3 Å². The molecule has 0 bridgehead atoms. The second-order valence-corrected chi connectivity index (χ2v) is 5.51. The molecule has 0 aliphatic heterocycles. The Morgan fingerprint density at radius 3 is 2.68 bits per heavy atom. The summed E-state index contributed by atoms with van der Waals surface area (Å²) in [6.45, 7) is 1.82. The van der Waals surface area contributed by atoms with Crippen LogP contribution in [0.1, 0.15) is 12.5 Å². The first-order chi connectivity index (χ1) is 9.05. The zero-order chi connectivity index (χ0) is 13.9. The molecule has 0 saturated carbocycles. The third-order valence-electron chi connectivity index (χ3n) is 2.84. The first-order valence-corrected chi connectivity index (χ1v) is 6.85. The third kappa shape index (κ3) is 3.23. The van der Waals surface area contributed by atoms with Gasteiger partial charge in [-0.3, -0.25) is 0 Å². The van der Waals surface area contributed by atoms with Crippen LogP contribution in [-0.4, -0.2) is 21.7 Å². The first-order valence-electron chi connectivity index (χ1n) is 5.68. The van der Waals surface area contributed by atoms with Crippen LogP contribution in [0.2, 0.25) is 5.28 Å². The summed E-state index contributed by atoms with van der Waals surface area (Å²) in [4.78, 5) is 7.99. The molecule has 0 aliphatic rings. The maximum absolute atomic E-state index is 9.71. The van der Waals surface area contributed by atoms with Crippen molar-refractivity contribution in [3.8, 4) is 0 Å². The van der Waals surface area contributed by atoms with E-state index in [-0.39, 0.29) is 11.9 Å². The number of rotatable bonds is 4. The van der Waals surface area contributed by atoms with Crippen LogP contribution in [0.4, 0.5) is 5.82 Å². The number of hydrogen-bond acceptors (Lipinski definition) is 4. The second-order valence-electron chi connectivity index (χ2n) is 4.32. The van der Waals surface area contributed by atoms with E-state index in [0.717, 1.165) is 5.56 Å². The molecule has 0 fully saturated rings. The predicted octanol–water partition coefficient (Wildman–Crippen LogP) is 3.21. The van der Waals surface area contributed by atoms with E-state index < -0.39 is 5.54 Å². The molecule has 4 nitrogen and oxygen atoms in total.